The van der Waals surface area contributed by atoms with Gasteiger partial charge in [-0.2, -0.15) is 0 Å². The van der Waals surface area contributed by atoms with Gasteiger partial charge in [-0.3, -0.25) is 0 Å². The monoisotopic (exact) mass is 355 g/mol. The van der Waals surface area contributed by atoms with Crippen LogP contribution in [0.25, 0.3) is 11.4 Å². The number of nitrogen functional groups attached to an aromatic ring is 1. The maximum atomic E-state index is 14.2. The van der Waals surface area contributed by atoms with E-state index in [1.54, 1.807) is 6.92 Å². The average molecular weight is 356 g/mol. The first-order valence-corrected chi connectivity index (χ1v) is 7.22. The molecule has 0 radical (unpaired) electrons. The topological polar surface area (TPSA) is 96.6 Å². The molecule has 1 aromatic heterocycles. The Kier molecular flexibility index (Phi) is 5.40. The highest BCUT2D eigenvalue weighted by Crippen LogP contribution is 2.34. The molecule has 0 saturated heterocycles. The number of hydrogen-bond acceptors (Lipinski definition) is 7. The van der Waals surface area contributed by atoms with E-state index in [0.717, 1.165) is 6.07 Å². The number of benzene rings is 1. The normalized spacial score (nSPS) is 10.4. The van der Waals surface area contributed by atoms with Crippen molar-refractivity contribution in [3.05, 3.63) is 28.7 Å². The van der Waals surface area contributed by atoms with Crippen LogP contribution in [0.5, 0.6) is 11.5 Å². The number of ether oxygens (including phenoxy) is 3. The van der Waals surface area contributed by atoms with E-state index in [2.05, 4.69) is 9.97 Å². The molecule has 0 unspecified atom stereocenters. The fraction of sp³-hybridized carbons (Fsp3) is 0.267. The molecule has 0 aliphatic carbocycles. The predicted molar refractivity (Wildman–Crippen MR) is 85.9 cm³/mol. The summed E-state index contributed by atoms with van der Waals surface area (Å²) in [6, 6.07) is 2.37. The Morgan fingerprint density at radius 3 is 2.58 bits per heavy atom. The molecule has 0 saturated carbocycles. The second-order valence-corrected chi connectivity index (χ2v) is 4.91. The average Bonchev–Trinajstić information content (AvgIpc) is 2.54. The minimum Gasteiger partial charge on any atom is -0.495 e. The van der Waals surface area contributed by atoms with Crippen LogP contribution >= 0.6 is 11.6 Å². The Hall–Kier alpha value is -2.61. The first kappa shape index (κ1) is 17.7. The van der Waals surface area contributed by atoms with Crippen molar-refractivity contribution in [2.24, 2.45) is 0 Å². The number of carbonyl (C=O) groups is 1. The third kappa shape index (κ3) is 3.33. The molecule has 1 aromatic carbocycles. The van der Waals surface area contributed by atoms with Crippen molar-refractivity contribution in [3.8, 4) is 22.9 Å². The maximum Gasteiger partial charge on any atom is 0.361 e. The molecule has 9 heteroatoms. The summed E-state index contributed by atoms with van der Waals surface area (Å²) in [4.78, 5) is 20.0. The van der Waals surface area contributed by atoms with E-state index in [-0.39, 0.29) is 46.0 Å². The van der Waals surface area contributed by atoms with Gasteiger partial charge in [-0.05, 0) is 19.1 Å². The van der Waals surface area contributed by atoms with Crippen LogP contribution in [0, 0.1) is 5.82 Å². The molecule has 2 aromatic rings. The lowest BCUT2D eigenvalue weighted by molar-refractivity contribution is 0.0515. The molecule has 0 spiro atoms. The van der Waals surface area contributed by atoms with Gasteiger partial charge in [0.1, 0.15) is 11.6 Å². The molecule has 0 atom stereocenters. The number of hydrogen-bond donors (Lipinski definition) is 1. The lowest BCUT2D eigenvalue weighted by Gasteiger charge is -2.12. The van der Waals surface area contributed by atoms with E-state index in [1.807, 2.05) is 0 Å². The number of halogens is 2. The molecule has 7 nitrogen and oxygen atoms in total. The van der Waals surface area contributed by atoms with Crippen molar-refractivity contribution >= 4 is 23.4 Å². The number of nitrogens with zero attached hydrogens (tertiary/aromatic N) is 2. The van der Waals surface area contributed by atoms with Crippen LogP contribution in [-0.4, -0.2) is 36.8 Å². The van der Waals surface area contributed by atoms with Crippen LogP contribution in [-0.2, 0) is 4.74 Å². The molecular formula is C15H15ClFN3O4. The van der Waals surface area contributed by atoms with Gasteiger partial charge in [-0.15, -0.1) is 0 Å². The van der Waals surface area contributed by atoms with E-state index < -0.39 is 11.8 Å². The summed E-state index contributed by atoms with van der Waals surface area (Å²) < 4.78 is 29.2. The van der Waals surface area contributed by atoms with Crippen LogP contribution in [0.4, 0.5) is 10.2 Å². The van der Waals surface area contributed by atoms with Crippen molar-refractivity contribution < 1.29 is 23.4 Å². The lowest BCUT2D eigenvalue weighted by atomic mass is 10.1. The van der Waals surface area contributed by atoms with Crippen molar-refractivity contribution in [1.82, 2.24) is 9.97 Å². The third-order valence-corrected chi connectivity index (χ3v) is 3.34. The minimum atomic E-state index is -0.758. The van der Waals surface area contributed by atoms with Crippen LogP contribution in [0.15, 0.2) is 12.1 Å². The van der Waals surface area contributed by atoms with Gasteiger partial charge in [0, 0.05) is 0 Å². The fourth-order valence-corrected chi connectivity index (χ4v) is 2.21. The molecule has 0 aliphatic heterocycles. The standard InChI is InChI=1S/C15H15ClFN3O4/c1-4-24-15(21)11-12(23-3)13(18)20-14(19-11)7-5-10(22-2)8(16)6-9(7)17/h5-6H,4H2,1-3H3,(H2,18,19,20). The van der Waals surface area contributed by atoms with E-state index in [0.29, 0.717) is 0 Å². The highest BCUT2D eigenvalue weighted by molar-refractivity contribution is 6.32. The SMILES string of the molecule is CCOC(=O)c1nc(-c2cc(OC)c(Cl)cc2F)nc(N)c1OC. The van der Waals surface area contributed by atoms with Crippen LogP contribution in [0.2, 0.25) is 5.02 Å². The van der Waals surface area contributed by atoms with E-state index in [4.69, 9.17) is 31.5 Å². The second kappa shape index (κ2) is 7.31. The largest absolute Gasteiger partial charge is 0.495 e. The highest BCUT2D eigenvalue weighted by atomic mass is 35.5. The summed E-state index contributed by atoms with van der Waals surface area (Å²) in [5.74, 6) is -1.52. The summed E-state index contributed by atoms with van der Waals surface area (Å²) in [5.41, 5.74) is 5.56. The highest BCUT2D eigenvalue weighted by Gasteiger charge is 2.23. The number of esters is 1. The van der Waals surface area contributed by atoms with Gasteiger partial charge in [0.05, 0.1) is 31.4 Å². The zero-order chi connectivity index (χ0) is 17.9. The first-order chi connectivity index (χ1) is 11.4. The quantitative estimate of drug-likeness (QED) is 0.823. The molecule has 2 rings (SSSR count). The van der Waals surface area contributed by atoms with Gasteiger partial charge in [-0.25, -0.2) is 19.2 Å². The zero-order valence-corrected chi connectivity index (χ0v) is 14.0. The molecule has 2 N–H and O–H groups in total. The number of anilines is 1. The fourth-order valence-electron chi connectivity index (χ4n) is 1.98. The Bertz CT molecular complexity index is 786. The lowest BCUT2D eigenvalue weighted by Crippen LogP contribution is -2.13. The molecule has 0 amide bonds. The first-order valence-electron chi connectivity index (χ1n) is 6.84. The van der Waals surface area contributed by atoms with Crippen molar-refractivity contribution in [2.45, 2.75) is 6.92 Å². The Morgan fingerprint density at radius 2 is 2.00 bits per heavy atom. The van der Waals surface area contributed by atoms with Gasteiger partial charge in [0.25, 0.3) is 0 Å². The number of aromatic nitrogens is 2. The van der Waals surface area contributed by atoms with Gasteiger partial charge >= 0.3 is 5.97 Å². The molecule has 0 bridgehead atoms. The predicted octanol–water partition coefficient (Wildman–Crippen LogP) is 2.71. The summed E-state index contributed by atoms with van der Waals surface area (Å²) in [6.07, 6.45) is 0. The van der Waals surface area contributed by atoms with Gasteiger partial charge in [0.2, 0.25) is 0 Å². The van der Waals surface area contributed by atoms with Crippen LogP contribution in [0.1, 0.15) is 17.4 Å². The summed E-state index contributed by atoms with van der Waals surface area (Å²) in [6.45, 7) is 1.77. The maximum absolute atomic E-state index is 14.2. The molecule has 128 valence electrons. The Morgan fingerprint density at radius 1 is 1.29 bits per heavy atom. The van der Waals surface area contributed by atoms with Crippen LogP contribution in [0.3, 0.4) is 0 Å². The van der Waals surface area contributed by atoms with Gasteiger partial charge in [-0.1, -0.05) is 11.6 Å². The van der Waals surface area contributed by atoms with Crippen molar-refractivity contribution in [2.75, 3.05) is 26.6 Å². The smallest absolute Gasteiger partial charge is 0.361 e. The minimum absolute atomic E-state index is 0.0313. The van der Waals surface area contributed by atoms with E-state index in [1.165, 1.54) is 20.3 Å². The molecular weight excluding hydrogens is 341 g/mol. The molecule has 24 heavy (non-hydrogen) atoms. The number of nitrogens with two attached hydrogens (primary N) is 1. The summed E-state index contributed by atoms with van der Waals surface area (Å²) in [7, 11) is 2.69. The molecule has 0 fully saturated rings. The number of methoxy groups -OCH3 is 2. The zero-order valence-electron chi connectivity index (χ0n) is 13.2. The van der Waals surface area contributed by atoms with E-state index >= 15 is 0 Å². The van der Waals surface area contributed by atoms with Gasteiger partial charge < -0.3 is 19.9 Å². The Labute approximate surface area is 142 Å². The van der Waals surface area contributed by atoms with Crippen LogP contribution < -0.4 is 15.2 Å². The van der Waals surface area contributed by atoms with Crippen molar-refractivity contribution in [3.63, 3.8) is 0 Å². The second-order valence-electron chi connectivity index (χ2n) is 4.50. The van der Waals surface area contributed by atoms with E-state index in [9.17, 15) is 9.18 Å². The van der Waals surface area contributed by atoms with Crippen molar-refractivity contribution in [1.29, 1.82) is 0 Å². The molecule has 0 aliphatic rings. The summed E-state index contributed by atoms with van der Waals surface area (Å²) in [5, 5.41) is 0.0887. The number of carbonyl (C=O) groups excluding carboxylic acids is 1. The summed E-state index contributed by atoms with van der Waals surface area (Å²) >= 11 is 5.87. The third-order valence-electron chi connectivity index (χ3n) is 3.05. The molecule has 1 heterocycles. The number of rotatable bonds is 5. The Balaban J connectivity index is 2.66. The van der Waals surface area contributed by atoms with Gasteiger partial charge in [0.15, 0.2) is 23.1 Å².